The summed E-state index contributed by atoms with van der Waals surface area (Å²) < 4.78 is 3.60. The SMILES string of the molecule is C=CCNCC1=CC[C]C(=O)[N@@+](CC(=O)NC2CC(=O)OC2O)(C(N)=O)C1. The van der Waals surface area contributed by atoms with Crippen LogP contribution in [0.3, 0.4) is 0 Å². The van der Waals surface area contributed by atoms with E-state index in [0.29, 0.717) is 13.1 Å². The number of esters is 1. The Kier molecular flexibility index (Phi) is 6.83. The standard InChI is InChI=1S/C17H22N4O6/c1-2-6-19-8-11-4-3-5-14(23)21(9-11,17(18)26)10-13(22)20-12-7-15(24)27-16(12)25/h2,4,12,16,19,25H,1,3,6-10H2,(H2-,18,20,22,26)/p+1/t12?,16?,21-/m1/s1. The van der Waals surface area contributed by atoms with Gasteiger partial charge < -0.3 is 26.2 Å². The Morgan fingerprint density at radius 1 is 1.48 bits per heavy atom. The molecule has 2 aliphatic heterocycles. The molecule has 0 bridgehead atoms. The number of carbonyl (C=O) groups excluding carboxylic acids is 4. The van der Waals surface area contributed by atoms with E-state index in [-0.39, 0.29) is 19.4 Å². The molecule has 2 radical (unpaired) electrons. The maximum atomic E-state index is 12.5. The number of amides is 4. The van der Waals surface area contributed by atoms with E-state index in [1.807, 2.05) is 0 Å². The number of urea groups is 1. The highest BCUT2D eigenvalue weighted by Crippen LogP contribution is 2.20. The van der Waals surface area contributed by atoms with E-state index < -0.39 is 47.2 Å². The van der Waals surface area contributed by atoms with Crippen molar-refractivity contribution in [1.82, 2.24) is 10.6 Å². The molecular formula is C17H23N4O6+. The summed E-state index contributed by atoms with van der Waals surface area (Å²) in [4.78, 5) is 48.3. The van der Waals surface area contributed by atoms with Crippen LogP contribution in [0.5, 0.6) is 0 Å². The molecule has 3 atom stereocenters. The number of carbonyl (C=O) groups is 4. The molecule has 0 spiro atoms. The van der Waals surface area contributed by atoms with Crippen molar-refractivity contribution in [2.45, 2.75) is 25.2 Å². The number of aliphatic hydroxyl groups is 1. The van der Waals surface area contributed by atoms with E-state index >= 15 is 0 Å². The van der Waals surface area contributed by atoms with E-state index in [2.05, 4.69) is 28.4 Å². The van der Waals surface area contributed by atoms with Gasteiger partial charge in [-0.05, 0) is 12.0 Å². The van der Waals surface area contributed by atoms with Crippen LogP contribution in [0.4, 0.5) is 4.79 Å². The molecule has 10 nitrogen and oxygen atoms in total. The van der Waals surface area contributed by atoms with Crippen LogP contribution in [-0.4, -0.2) is 71.9 Å². The van der Waals surface area contributed by atoms with Gasteiger partial charge in [0.15, 0.2) is 6.54 Å². The van der Waals surface area contributed by atoms with Crippen LogP contribution in [0, 0.1) is 6.42 Å². The second-order valence-corrected chi connectivity index (χ2v) is 6.35. The van der Waals surface area contributed by atoms with Crippen LogP contribution < -0.4 is 16.4 Å². The lowest BCUT2D eigenvalue weighted by molar-refractivity contribution is -0.756. The summed E-state index contributed by atoms with van der Waals surface area (Å²) in [6, 6.07) is -1.93. The van der Waals surface area contributed by atoms with Gasteiger partial charge in [0.25, 0.3) is 5.91 Å². The van der Waals surface area contributed by atoms with Gasteiger partial charge in [0, 0.05) is 13.1 Å². The molecule has 27 heavy (non-hydrogen) atoms. The molecule has 1 fully saturated rings. The fraction of sp³-hybridized carbons (Fsp3) is 0.471. The van der Waals surface area contributed by atoms with E-state index in [9.17, 15) is 24.3 Å². The zero-order valence-electron chi connectivity index (χ0n) is 14.8. The fourth-order valence-electron chi connectivity index (χ4n) is 2.93. The van der Waals surface area contributed by atoms with Gasteiger partial charge >= 0.3 is 17.9 Å². The van der Waals surface area contributed by atoms with E-state index in [4.69, 9.17) is 5.73 Å². The monoisotopic (exact) mass is 379 g/mol. The highest BCUT2D eigenvalue weighted by Gasteiger charge is 2.47. The molecule has 2 rings (SSSR count). The number of hydrogen-bond donors (Lipinski definition) is 4. The molecule has 5 N–H and O–H groups in total. The van der Waals surface area contributed by atoms with Gasteiger partial charge in [0.05, 0.1) is 6.42 Å². The first-order valence-electron chi connectivity index (χ1n) is 8.40. The van der Waals surface area contributed by atoms with Crippen molar-refractivity contribution in [3.8, 4) is 0 Å². The molecule has 10 heteroatoms. The van der Waals surface area contributed by atoms with Crippen LogP contribution in [0.15, 0.2) is 24.3 Å². The van der Waals surface area contributed by atoms with Gasteiger partial charge in [-0.25, -0.2) is 9.59 Å². The summed E-state index contributed by atoms with van der Waals surface area (Å²) in [5, 5.41) is 15.1. The quantitative estimate of drug-likeness (QED) is 0.179. The van der Waals surface area contributed by atoms with Crippen molar-refractivity contribution >= 4 is 23.8 Å². The van der Waals surface area contributed by atoms with Crippen molar-refractivity contribution in [3.63, 3.8) is 0 Å². The minimum absolute atomic E-state index is 0.0820. The number of quaternary nitrogens is 1. The van der Waals surface area contributed by atoms with E-state index in [1.54, 1.807) is 12.2 Å². The molecular weight excluding hydrogens is 356 g/mol. The topological polar surface area (TPSA) is 148 Å². The fourth-order valence-corrected chi connectivity index (χ4v) is 2.93. The summed E-state index contributed by atoms with van der Waals surface area (Å²) in [6.07, 6.45) is 4.49. The van der Waals surface area contributed by atoms with Crippen molar-refractivity contribution in [1.29, 1.82) is 0 Å². The molecule has 146 valence electrons. The van der Waals surface area contributed by atoms with Crippen LogP contribution in [0.1, 0.15) is 12.8 Å². The maximum absolute atomic E-state index is 12.5. The predicted molar refractivity (Wildman–Crippen MR) is 92.2 cm³/mol. The first-order valence-corrected chi connectivity index (χ1v) is 8.40. The maximum Gasteiger partial charge on any atom is 0.422 e. The third-order valence-corrected chi connectivity index (χ3v) is 4.31. The lowest BCUT2D eigenvalue weighted by Crippen LogP contribution is -2.64. The number of hydrogen-bond acceptors (Lipinski definition) is 7. The summed E-state index contributed by atoms with van der Waals surface area (Å²) in [7, 11) is 0. The van der Waals surface area contributed by atoms with Gasteiger partial charge in [-0.2, -0.15) is 4.48 Å². The third kappa shape index (κ3) is 5.00. The number of nitrogens with two attached hydrogens (primary N) is 1. The Morgan fingerprint density at radius 3 is 2.81 bits per heavy atom. The number of ether oxygens (including phenoxy) is 1. The van der Waals surface area contributed by atoms with Gasteiger partial charge in [0.2, 0.25) is 6.29 Å². The second-order valence-electron chi connectivity index (χ2n) is 6.35. The predicted octanol–water partition coefficient (Wildman–Crippen LogP) is -1.65. The summed E-state index contributed by atoms with van der Waals surface area (Å²) in [6.45, 7) is 3.86. The van der Waals surface area contributed by atoms with Crippen molar-refractivity contribution in [2.24, 2.45) is 5.73 Å². The van der Waals surface area contributed by atoms with Gasteiger partial charge in [-0.1, -0.05) is 12.2 Å². The minimum Gasteiger partial charge on any atom is -0.434 e. The molecule has 2 unspecified atom stereocenters. The molecule has 1 saturated heterocycles. The Bertz CT molecular complexity index is 676. The van der Waals surface area contributed by atoms with Crippen molar-refractivity contribution in [2.75, 3.05) is 26.2 Å². The molecule has 0 aromatic carbocycles. The van der Waals surface area contributed by atoms with Crippen molar-refractivity contribution in [3.05, 3.63) is 30.7 Å². The average Bonchev–Trinajstić information content (AvgIpc) is 2.80. The normalized spacial score (nSPS) is 28.1. The van der Waals surface area contributed by atoms with Gasteiger partial charge in [-0.15, -0.1) is 6.58 Å². The first kappa shape index (κ1) is 20.7. The summed E-state index contributed by atoms with van der Waals surface area (Å²) >= 11 is 0. The van der Waals surface area contributed by atoms with Crippen LogP contribution in [-0.2, 0) is 19.1 Å². The summed E-state index contributed by atoms with van der Waals surface area (Å²) in [5.74, 6) is -2.07. The Morgan fingerprint density at radius 2 is 2.22 bits per heavy atom. The first-order chi connectivity index (χ1) is 12.8. The van der Waals surface area contributed by atoms with Crippen molar-refractivity contribution < 1.29 is 33.5 Å². The lowest BCUT2D eigenvalue weighted by Gasteiger charge is -2.30. The van der Waals surface area contributed by atoms with Crippen LogP contribution in [0.2, 0.25) is 0 Å². The number of nitrogens with zero attached hydrogens (tertiary/aromatic N) is 1. The van der Waals surface area contributed by atoms with Gasteiger partial charge in [0.1, 0.15) is 19.0 Å². The number of cyclic esters (lactones) is 1. The highest BCUT2D eigenvalue weighted by atomic mass is 16.6. The van der Waals surface area contributed by atoms with E-state index in [1.165, 1.54) is 0 Å². The molecule has 0 saturated carbocycles. The Hall–Kier alpha value is -2.56. The third-order valence-electron chi connectivity index (χ3n) is 4.31. The molecule has 0 aliphatic carbocycles. The molecule has 0 aromatic rings. The Labute approximate surface area is 156 Å². The summed E-state index contributed by atoms with van der Waals surface area (Å²) in [5.41, 5.74) is 6.21. The van der Waals surface area contributed by atoms with E-state index in [0.717, 1.165) is 5.57 Å². The lowest BCUT2D eigenvalue weighted by atomic mass is 10.2. The number of primary amides is 1. The largest absolute Gasteiger partial charge is 0.434 e. The average molecular weight is 379 g/mol. The number of nitrogens with one attached hydrogen (secondary N) is 2. The zero-order valence-corrected chi connectivity index (χ0v) is 14.8. The minimum atomic E-state index is -1.47. The van der Waals surface area contributed by atoms with Crippen LogP contribution >= 0.6 is 0 Å². The Balaban J connectivity index is 2.13. The number of imide groups is 1. The van der Waals surface area contributed by atoms with Crippen LogP contribution in [0.25, 0.3) is 0 Å². The second kappa shape index (κ2) is 8.89. The number of allylic oxidation sites excluding steroid dienone is 1. The number of aliphatic hydroxyl groups excluding tert-OH is 1. The molecule has 0 aromatic heterocycles. The molecule has 4 amide bonds. The molecule has 2 aliphatic rings. The molecule has 2 heterocycles. The zero-order chi connectivity index (χ0) is 20.0. The highest BCUT2D eigenvalue weighted by molar-refractivity contribution is 5.92. The smallest absolute Gasteiger partial charge is 0.422 e. The number of rotatable bonds is 7. The van der Waals surface area contributed by atoms with Gasteiger partial charge in [-0.3, -0.25) is 9.59 Å².